The average Bonchev–Trinajstić information content (AvgIpc) is 3.36. The van der Waals surface area contributed by atoms with Gasteiger partial charge in [0.1, 0.15) is 16.9 Å². The fourth-order valence-electron chi connectivity index (χ4n) is 3.32. The van der Waals surface area contributed by atoms with Gasteiger partial charge in [0.15, 0.2) is 17.2 Å². The van der Waals surface area contributed by atoms with Crippen LogP contribution in [0.2, 0.25) is 0 Å². The summed E-state index contributed by atoms with van der Waals surface area (Å²) in [5, 5.41) is 8.45. The molecule has 1 amide bonds. The highest BCUT2D eigenvalue weighted by atomic mass is 32.1. The highest BCUT2D eigenvalue weighted by Gasteiger charge is 2.35. The van der Waals surface area contributed by atoms with Crippen LogP contribution in [-0.2, 0) is 13.2 Å². The highest BCUT2D eigenvalue weighted by molar-refractivity contribution is 7.20. The number of aryl methyl sites for hydroxylation is 2. The van der Waals surface area contributed by atoms with Crippen molar-refractivity contribution in [1.82, 2.24) is 34.3 Å². The van der Waals surface area contributed by atoms with E-state index in [4.69, 9.17) is 0 Å². The zero-order valence-electron chi connectivity index (χ0n) is 16.6. The van der Waals surface area contributed by atoms with Crippen molar-refractivity contribution in [3.63, 3.8) is 0 Å². The molecular weight excluding hydrogens is 419 g/mol. The van der Waals surface area contributed by atoms with Gasteiger partial charge < -0.3 is 4.90 Å². The minimum absolute atomic E-state index is 0.0835. The molecule has 0 bridgehead atoms. The number of carbonyl (C=O) groups excluding carboxylic acids is 1. The number of fused-ring (bicyclic) bond motifs is 3. The summed E-state index contributed by atoms with van der Waals surface area (Å²) in [6, 6.07) is 0.912. The third-order valence-corrected chi connectivity index (χ3v) is 6.10. The molecule has 4 aromatic rings. The van der Waals surface area contributed by atoms with Crippen LogP contribution in [-0.4, -0.2) is 53.3 Å². The van der Waals surface area contributed by atoms with E-state index in [2.05, 4.69) is 20.2 Å². The molecule has 12 heteroatoms. The van der Waals surface area contributed by atoms with Crippen LogP contribution in [0.25, 0.3) is 27.4 Å². The number of hydrogen-bond donors (Lipinski definition) is 0. The Balaban J connectivity index is 1.87. The molecule has 158 valence electrons. The molecule has 0 fully saturated rings. The Kier molecular flexibility index (Phi) is 4.76. The van der Waals surface area contributed by atoms with Gasteiger partial charge in [-0.2, -0.15) is 18.3 Å². The van der Waals surface area contributed by atoms with E-state index in [1.165, 1.54) is 29.2 Å². The fraction of sp³-hybridized carbons (Fsp3) is 0.389. The minimum Gasteiger partial charge on any atom is -0.338 e. The van der Waals surface area contributed by atoms with Crippen LogP contribution in [0.1, 0.15) is 34.8 Å². The van der Waals surface area contributed by atoms with Crippen LogP contribution >= 0.6 is 11.3 Å². The summed E-state index contributed by atoms with van der Waals surface area (Å²) in [4.78, 5) is 24.6. The molecular formula is C18H18F3N7OS. The lowest BCUT2D eigenvalue weighted by Gasteiger charge is -2.17. The number of nitrogens with zero attached hydrogens (tertiary/aromatic N) is 7. The van der Waals surface area contributed by atoms with Gasteiger partial charge in [-0.05, 0) is 32.4 Å². The number of rotatable bonds is 4. The maximum atomic E-state index is 13.0. The zero-order chi connectivity index (χ0) is 21.8. The van der Waals surface area contributed by atoms with Crippen molar-refractivity contribution in [1.29, 1.82) is 0 Å². The summed E-state index contributed by atoms with van der Waals surface area (Å²) in [7, 11) is 1.40. The molecule has 0 atom stereocenters. The SMILES string of the molecule is CCN(CC)C(=O)c1sc2ncn3nc(-c4cc(C(F)(F)F)nn4C)nc3c2c1C. The number of amides is 1. The van der Waals surface area contributed by atoms with Crippen LogP contribution in [0.15, 0.2) is 12.4 Å². The van der Waals surface area contributed by atoms with Gasteiger partial charge in [0, 0.05) is 20.1 Å². The Morgan fingerprint density at radius 1 is 1.23 bits per heavy atom. The molecule has 4 rings (SSSR count). The number of thiophene rings is 1. The first-order chi connectivity index (χ1) is 14.2. The Hall–Kier alpha value is -3.02. The molecule has 8 nitrogen and oxygen atoms in total. The Bertz CT molecular complexity index is 1270. The van der Waals surface area contributed by atoms with Gasteiger partial charge in [-0.25, -0.2) is 14.5 Å². The van der Waals surface area contributed by atoms with Gasteiger partial charge >= 0.3 is 6.18 Å². The summed E-state index contributed by atoms with van der Waals surface area (Å²) >= 11 is 1.27. The number of halogens is 3. The van der Waals surface area contributed by atoms with Crippen LogP contribution < -0.4 is 0 Å². The van der Waals surface area contributed by atoms with Crippen LogP contribution in [0.4, 0.5) is 13.2 Å². The minimum atomic E-state index is -4.56. The molecule has 0 aliphatic heterocycles. The monoisotopic (exact) mass is 437 g/mol. The predicted octanol–water partition coefficient (Wildman–Crippen LogP) is 3.55. The molecule has 0 saturated carbocycles. The second-order valence-corrected chi connectivity index (χ2v) is 7.70. The second-order valence-electron chi connectivity index (χ2n) is 6.70. The van der Waals surface area contributed by atoms with Crippen molar-refractivity contribution in [2.24, 2.45) is 7.05 Å². The van der Waals surface area contributed by atoms with Gasteiger partial charge in [0.25, 0.3) is 5.91 Å². The molecule has 0 unspecified atom stereocenters. The summed E-state index contributed by atoms with van der Waals surface area (Å²) in [5.74, 6) is 0.0110. The van der Waals surface area contributed by atoms with Crippen LogP contribution in [0.3, 0.4) is 0 Å². The van der Waals surface area contributed by atoms with E-state index in [0.29, 0.717) is 33.8 Å². The fourth-order valence-corrected chi connectivity index (χ4v) is 4.43. The van der Waals surface area contributed by atoms with E-state index in [-0.39, 0.29) is 17.4 Å². The third-order valence-electron chi connectivity index (χ3n) is 4.91. The molecule has 4 aromatic heterocycles. The standard InChI is InChI=1S/C18H18F3N7OS/c1-5-27(6-2)17(29)13-9(3)12-15-23-14(25-28(15)8-22-16(12)30-13)10-7-11(18(19,20)21)24-26(10)4/h7-8H,5-6H2,1-4H3. The summed E-state index contributed by atoms with van der Waals surface area (Å²) in [6.07, 6.45) is -3.12. The lowest BCUT2D eigenvalue weighted by atomic mass is 10.2. The maximum absolute atomic E-state index is 13.0. The third kappa shape index (κ3) is 3.11. The van der Waals surface area contributed by atoms with E-state index in [1.54, 1.807) is 4.90 Å². The molecule has 0 aromatic carbocycles. The molecule has 0 aliphatic rings. The van der Waals surface area contributed by atoms with Gasteiger partial charge in [0.05, 0.1) is 10.3 Å². The number of hydrogen-bond acceptors (Lipinski definition) is 6. The first-order valence-electron chi connectivity index (χ1n) is 9.21. The predicted molar refractivity (Wildman–Crippen MR) is 105 cm³/mol. The molecule has 4 heterocycles. The normalized spacial score (nSPS) is 12.2. The number of aromatic nitrogens is 6. The largest absolute Gasteiger partial charge is 0.435 e. The van der Waals surface area contributed by atoms with Gasteiger partial charge in [0.2, 0.25) is 0 Å². The molecule has 0 aliphatic carbocycles. The first-order valence-corrected chi connectivity index (χ1v) is 10.0. The Labute approximate surface area is 173 Å². The van der Waals surface area contributed by atoms with Crippen molar-refractivity contribution in [3.8, 4) is 11.5 Å². The lowest BCUT2D eigenvalue weighted by Crippen LogP contribution is -2.30. The van der Waals surface area contributed by atoms with E-state index >= 15 is 0 Å². The first kappa shape index (κ1) is 20.3. The number of alkyl halides is 3. The Morgan fingerprint density at radius 3 is 2.53 bits per heavy atom. The van der Waals surface area contributed by atoms with Crippen molar-refractivity contribution in [2.75, 3.05) is 13.1 Å². The topological polar surface area (TPSA) is 81.2 Å². The summed E-state index contributed by atoms with van der Waals surface area (Å²) in [5.41, 5.74) is 0.273. The Morgan fingerprint density at radius 2 is 1.93 bits per heavy atom. The second kappa shape index (κ2) is 7.04. The summed E-state index contributed by atoms with van der Waals surface area (Å²) < 4.78 is 41.5. The van der Waals surface area contributed by atoms with E-state index < -0.39 is 11.9 Å². The summed E-state index contributed by atoms with van der Waals surface area (Å²) in [6.45, 7) is 6.81. The highest BCUT2D eigenvalue weighted by Crippen LogP contribution is 2.34. The quantitative estimate of drug-likeness (QED) is 0.488. The maximum Gasteiger partial charge on any atom is 0.435 e. The van der Waals surface area contributed by atoms with E-state index in [0.717, 1.165) is 16.3 Å². The molecule has 30 heavy (non-hydrogen) atoms. The molecule has 0 spiro atoms. The van der Waals surface area contributed by atoms with Crippen LogP contribution in [0, 0.1) is 6.92 Å². The van der Waals surface area contributed by atoms with Crippen molar-refractivity contribution in [3.05, 3.63) is 28.5 Å². The van der Waals surface area contributed by atoms with Gasteiger partial charge in [-0.15, -0.1) is 16.4 Å². The average molecular weight is 437 g/mol. The van der Waals surface area contributed by atoms with Gasteiger partial charge in [-0.1, -0.05) is 0 Å². The molecule has 0 N–H and O–H groups in total. The van der Waals surface area contributed by atoms with E-state index in [1.807, 2.05) is 20.8 Å². The van der Waals surface area contributed by atoms with Crippen molar-refractivity contribution >= 4 is 33.1 Å². The van der Waals surface area contributed by atoms with Crippen molar-refractivity contribution in [2.45, 2.75) is 26.9 Å². The van der Waals surface area contributed by atoms with Crippen LogP contribution in [0.5, 0.6) is 0 Å². The van der Waals surface area contributed by atoms with Crippen molar-refractivity contribution < 1.29 is 18.0 Å². The smallest absolute Gasteiger partial charge is 0.338 e. The number of carbonyl (C=O) groups is 1. The lowest BCUT2D eigenvalue weighted by molar-refractivity contribution is -0.141. The van der Waals surface area contributed by atoms with E-state index in [9.17, 15) is 18.0 Å². The zero-order valence-corrected chi connectivity index (χ0v) is 17.5. The van der Waals surface area contributed by atoms with Gasteiger partial charge in [-0.3, -0.25) is 9.48 Å². The molecule has 0 saturated heterocycles. The molecule has 0 radical (unpaired) electrons.